The number of nitrogens with zero attached hydrogens (tertiary/aromatic N) is 6. The fraction of sp³-hybridized carbons (Fsp3) is 0.229. The molecule has 0 saturated carbocycles. The molecule has 0 spiro atoms. The summed E-state index contributed by atoms with van der Waals surface area (Å²) in [5.41, 5.74) is 26.4. The minimum absolute atomic E-state index is 0. The number of rotatable bonds is 14. The standard InChI is InChI=1S/2C31H27N2O2.C28H21N2O2.3C5H8O2.3Ir/c1-17(2)20-8-6-9-21(18(3)4)29(20)28-16-26-27(34-28)15-14-25(33-26)24-11-7-10-22-23-13-12-19(5)32-31(23)35-30(22)24;1-17(2)20-13-21(18(3)4)15-22(14-20)29-16-27-28(34-29)12-11-26(33-27)25-8-6-7-23-24-10-9-19(5)32-31(24)35-30(23)25;1-16(2)18-8-10-19(11-9-18)26-15-24-25(31-26)14-13-23(30-24)22-6-4-5-20-21-12-7-17(3)29-28(21)32-27(20)22;3*1-4(6)3-5(2)7;;;/h6-10,12-18H,1-5H3;6-7,9-18H,1-5H3;4-5,7-16H,1-3H3;3*3,6H,1-2H3;;;/q3*-1;;;;;;. The van der Waals surface area contributed by atoms with Crippen molar-refractivity contribution in [3.8, 4) is 67.7 Å². The van der Waals surface area contributed by atoms with Gasteiger partial charge in [-0.2, -0.15) is 0 Å². The molecule has 0 saturated heterocycles. The second kappa shape index (κ2) is 41.7. The van der Waals surface area contributed by atoms with E-state index in [1.807, 2.05) is 124 Å². The minimum Gasteiger partial charge on any atom is -0.512 e. The Morgan fingerprint density at radius 1 is 0.325 bits per heavy atom. The summed E-state index contributed by atoms with van der Waals surface area (Å²) in [5.74, 6) is 4.48. The summed E-state index contributed by atoms with van der Waals surface area (Å²) in [5, 5.41) is 31.1. The van der Waals surface area contributed by atoms with Crippen LogP contribution in [0.5, 0.6) is 0 Å². The number of allylic oxidation sites excluding steroid dienone is 6. The molecular formula is C105H99Ir3N6O12-3. The van der Waals surface area contributed by atoms with E-state index >= 15 is 0 Å². The van der Waals surface area contributed by atoms with E-state index in [2.05, 4.69) is 187 Å². The normalized spacial score (nSPS) is 11.6. The molecule has 0 bridgehead atoms. The second-order valence-corrected chi connectivity index (χ2v) is 32.4. The van der Waals surface area contributed by atoms with Crippen LogP contribution in [-0.4, -0.2) is 62.6 Å². The molecule has 18 nitrogen and oxygen atoms in total. The number of aromatic nitrogens is 6. The predicted molar refractivity (Wildman–Crippen MR) is 492 cm³/mol. The van der Waals surface area contributed by atoms with Crippen molar-refractivity contribution in [1.82, 2.24) is 29.9 Å². The average molecular weight is 2210 g/mol. The Labute approximate surface area is 772 Å². The van der Waals surface area contributed by atoms with Crippen molar-refractivity contribution in [1.29, 1.82) is 0 Å². The number of aliphatic hydroxyl groups is 3. The van der Waals surface area contributed by atoms with Crippen molar-refractivity contribution < 1.29 is 117 Å². The summed E-state index contributed by atoms with van der Waals surface area (Å²) in [4.78, 5) is 58.5. The Hall–Kier alpha value is -12.2. The number of aliphatic hydroxyl groups excluding tert-OH is 3. The monoisotopic (exact) mass is 2210 g/mol. The average Bonchev–Trinajstić information content (AvgIpc) is 1.61. The Kier molecular flexibility index (Phi) is 31.8. The minimum atomic E-state index is -0.125. The molecule has 18 aromatic rings. The molecule has 126 heavy (non-hydrogen) atoms. The fourth-order valence-electron chi connectivity index (χ4n) is 14.5. The first-order valence-electron chi connectivity index (χ1n) is 41.1. The predicted octanol–water partition coefficient (Wildman–Crippen LogP) is 28.4. The molecule has 12 heterocycles. The van der Waals surface area contributed by atoms with Gasteiger partial charge in [0.1, 0.15) is 17.3 Å². The van der Waals surface area contributed by atoms with Crippen LogP contribution in [0, 0.1) is 39.0 Å². The topological polar surface area (TPSA) is 268 Å². The third-order valence-electron chi connectivity index (χ3n) is 20.5. The molecule has 0 fully saturated rings. The van der Waals surface area contributed by atoms with Gasteiger partial charge in [-0.1, -0.05) is 169 Å². The van der Waals surface area contributed by atoms with Gasteiger partial charge in [0, 0.05) is 147 Å². The number of furan rings is 6. The SMILES string of the molecule is CC(=O)C=C(C)O.CC(=O)C=C(C)O.CC(=O)C=C(C)O.Cc1ccc2c(n1)oc1c(-c3ccc4oc(-c5c(C(C)C)cccc5C(C)C)cc4n3)[c-]ccc12.Cc1ccc2c(n1)oc1c(-c3ccc4oc(-c5cc(C(C)C)cc(C(C)C)c5)cc4n3)[c-]ccc12.Cc1ccc2c(n1)oc1c(-c3ccc4oc(-c5ccc(C(C)C)cc5)cc4n3)[c-]ccc12.[Ir].[Ir].[Ir]. The number of carbonyl (C=O) groups excluding carboxylic acids is 3. The smallest absolute Gasteiger partial charge is 0.216 e. The third-order valence-corrected chi connectivity index (χ3v) is 20.5. The van der Waals surface area contributed by atoms with Gasteiger partial charge >= 0.3 is 0 Å². The molecular weight excluding hydrogens is 2110 g/mol. The number of ketones is 3. The van der Waals surface area contributed by atoms with E-state index in [0.717, 1.165) is 162 Å². The fourth-order valence-corrected chi connectivity index (χ4v) is 14.5. The molecule has 6 aromatic carbocycles. The van der Waals surface area contributed by atoms with Crippen molar-refractivity contribution in [2.45, 2.75) is 161 Å². The van der Waals surface area contributed by atoms with Crippen LogP contribution in [0.25, 0.3) is 167 Å². The zero-order chi connectivity index (χ0) is 87.9. The first kappa shape index (κ1) is 96.0. The van der Waals surface area contributed by atoms with Gasteiger partial charge in [0.15, 0.2) is 34.1 Å². The van der Waals surface area contributed by atoms with Crippen molar-refractivity contribution >= 4 is 117 Å². The molecule has 0 amide bonds. The summed E-state index contributed by atoms with van der Waals surface area (Å²) in [6.45, 7) is 36.6. The quantitative estimate of drug-likeness (QED) is 0.0519. The molecule has 12 aromatic heterocycles. The molecule has 18 rings (SSSR count). The summed E-state index contributed by atoms with van der Waals surface area (Å²) >= 11 is 0. The van der Waals surface area contributed by atoms with Gasteiger partial charge in [-0.15, -0.1) is 54.6 Å². The number of benzene rings is 6. The van der Waals surface area contributed by atoms with Crippen molar-refractivity contribution in [2.24, 2.45) is 0 Å². The van der Waals surface area contributed by atoms with E-state index in [9.17, 15) is 14.4 Å². The van der Waals surface area contributed by atoms with Gasteiger partial charge in [-0.05, 0) is 204 Å². The maximum absolute atomic E-state index is 10.0. The zero-order valence-electron chi connectivity index (χ0n) is 73.7. The first-order valence-corrected chi connectivity index (χ1v) is 41.1. The number of aryl methyl sites for hydroxylation is 3. The zero-order valence-corrected chi connectivity index (χ0v) is 80.9. The van der Waals surface area contributed by atoms with E-state index in [0.29, 0.717) is 46.7 Å². The van der Waals surface area contributed by atoms with E-state index in [-0.39, 0.29) is 94.9 Å². The number of hydrogen-bond donors (Lipinski definition) is 3. The Balaban J connectivity index is 0.000000175. The van der Waals surface area contributed by atoms with Crippen LogP contribution < -0.4 is 0 Å². The second-order valence-electron chi connectivity index (χ2n) is 32.4. The number of hydrogen-bond acceptors (Lipinski definition) is 18. The van der Waals surface area contributed by atoms with Crippen LogP contribution in [0.4, 0.5) is 0 Å². The number of pyridine rings is 6. The van der Waals surface area contributed by atoms with Crippen LogP contribution >= 0.6 is 0 Å². The number of carbonyl (C=O) groups is 3. The third kappa shape index (κ3) is 22.4. The summed E-state index contributed by atoms with van der Waals surface area (Å²) in [6, 6.07) is 73.7. The van der Waals surface area contributed by atoms with Gasteiger partial charge < -0.3 is 41.8 Å². The van der Waals surface area contributed by atoms with Crippen molar-refractivity contribution in [3.63, 3.8) is 0 Å². The molecule has 21 heteroatoms. The number of fused-ring (bicyclic) bond motifs is 12. The van der Waals surface area contributed by atoms with Crippen LogP contribution in [0.3, 0.4) is 0 Å². The maximum atomic E-state index is 10.0. The molecule has 0 atom stereocenters. The molecule has 3 N–H and O–H groups in total. The van der Waals surface area contributed by atoms with E-state index < -0.39 is 0 Å². The van der Waals surface area contributed by atoms with Crippen LogP contribution in [0.1, 0.15) is 185 Å². The Morgan fingerprint density at radius 2 is 0.643 bits per heavy atom. The molecule has 651 valence electrons. The molecule has 0 unspecified atom stereocenters. The molecule has 0 aliphatic carbocycles. The molecule has 0 aliphatic heterocycles. The van der Waals surface area contributed by atoms with Gasteiger partial charge in [-0.3, -0.25) is 29.3 Å². The Bertz CT molecular complexity index is 6980. The summed E-state index contributed by atoms with van der Waals surface area (Å²) < 4.78 is 37.2. The van der Waals surface area contributed by atoms with E-state index in [1.54, 1.807) is 0 Å². The van der Waals surface area contributed by atoms with Crippen LogP contribution in [0.15, 0.2) is 250 Å². The van der Waals surface area contributed by atoms with E-state index in [4.69, 9.17) is 56.8 Å². The Morgan fingerprint density at radius 3 is 0.944 bits per heavy atom. The van der Waals surface area contributed by atoms with Crippen LogP contribution in [0.2, 0.25) is 0 Å². The first-order chi connectivity index (χ1) is 58.7. The van der Waals surface area contributed by atoms with Crippen LogP contribution in [-0.2, 0) is 74.7 Å². The van der Waals surface area contributed by atoms with Gasteiger partial charge in [0.25, 0.3) is 0 Å². The molecule has 3 radical (unpaired) electrons. The molecule has 0 aliphatic rings. The van der Waals surface area contributed by atoms with Gasteiger partial charge in [0.05, 0.1) is 50.6 Å². The maximum Gasteiger partial charge on any atom is 0.216 e. The van der Waals surface area contributed by atoms with E-state index in [1.165, 1.54) is 93.2 Å². The summed E-state index contributed by atoms with van der Waals surface area (Å²) in [6.07, 6.45) is 3.50. The van der Waals surface area contributed by atoms with Gasteiger partial charge in [-0.25, -0.2) is 15.0 Å². The summed E-state index contributed by atoms with van der Waals surface area (Å²) in [7, 11) is 0. The van der Waals surface area contributed by atoms with Crippen molar-refractivity contribution in [2.75, 3.05) is 0 Å². The largest absolute Gasteiger partial charge is 0.512 e. The van der Waals surface area contributed by atoms with Gasteiger partial charge in [0.2, 0.25) is 17.1 Å². The van der Waals surface area contributed by atoms with Crippen molar-refractivity contribution in [3.05, 3.63) is 287 Å².